The first-order chi connectivity index (χ1) is 8.70. The lowest BCUT2D eigenvalue weighted by atomic mass is 10.0. The van der Waals surface area contributed by atoms with E-state index < -0.39 is 0 Å². The number of ether oxygens (including phenoxy) is 1. The zero-order chi connectivity index (χ0) is 13.0. The quantitative estimate of drug-likeness (QED) is 0.895. The third-order valence-corrected chi connectivity index (χ3v) is 2.62. The van der Waals surface area contributed by atoms with Gasteiger partial charge < -0.3 is 10.1 Å². The molecule has 1 N–H and O–H groups in total. The van der Waals surface area contributed by atoms with Crippen LogP contribution in [0.25, 0.3) is 11.1 Å². The van der Waals surface area contributed by atoms with E-state index in [1.54, 1.807) is 7.11 Å². The van der Waals surface area contributed by atoms with E-state index >= 15 is 0 Å². The molecule has 3 nitrogen and oxygen atoms in total. The highest BCUT2D eigenvalue weighted by molar-refractivity contribution is 5.94. The van der Waals surface area contributed by atoms with Gasteiger partial charge in [0.2, 0.25) is 5.91 Å². The Balaban J connectivity index is 2.49. The van der Waals surface area contributed by atoms with Crippen LogP contribution in [0.4, 0.5) is 5.69 Å². The number of methoxy groups -OCH3 is 1. The van der Waals surface area contributed by atoms with Gasteiger partial charge in [0, 0.05) is 18.6 Å². The molecule has 92 valence electrons. The number of carbonyl (C=O) groups is 1. The molecule has 0 bridgehead atoms. The lowest BCUT2D eigenvalue weighted by molar-refractivity contribution is -0.114. The standard InChI is InChI=1S/C15H15NO2/c1-11(17)16-15-10-13(18-2)8-9-14(15)12-6-4-3-5-7-12/h3-10H,1-2H3,(H,16,17). The van der Waals surface area contributed by atoms with Crippen molar-refractivity contribution < 1.29 is 9.53 Å². The Labute approximate surface area is 106 Å². The SMILES string of the molecule is COc1ccc(-c2ccccc2)c(NC(C)=O)c1. The summed E-state index contributed by atoms with van der Waals surface area (Å²) in [7, 11) is 1.61. The molecule has 0 fully saturated rings. The van der Waals surface area contributed by atoms with Crippen molar-refractivity contribution in [3.05, 3.63) is 48.5 Å². The van der Waals surface area contributed by atoms with Gasteiger partial charge in [-0.15, -0.1) is 0 Å². The number of anilines is 1. The fraction of sp³-hybridized carbons (Fsp3) is 0.133. The minimum atomic E-state index is -0.0968. The minimum Gasteiger partial charge on any atom is -0.497 e. The molecule has 2 aromatic rings. The van der Waals surface area contributed by atoms with E-state index in [2.05, 4.69) is 5.32 Å². The van der Waals surface area contributed by atoms with Crippen molar-refractivity contribution in [2.24, 2.45) is 0 Å². The monoisotopic (exact) mass is 241 g/mol. The zero-order valence-electron chi connectivity index (χ0n) is 10.4. The van der Waals surface area contributed by atoms with Crippen LogP contribution >= 0.6 is 0 Å². The highest BCUT2D eigenvalue weighted by atomic mass is 16.5. The van der Waals surface area contributed by atoms with Gasteiger partial charge in [0.25, 0.3) is 0 Å². The van der Waals surface area contributed by atoms with Crippen molar-refractivity contribution in [2.75, 3.05) is 12.4 Å². The second kappa shape index (κ2) is 5.36. The average molecular weight is 241 g/mol. The molecule has 3 heteroatoms. The van der Waals surface area contributed by atoms with E-state index in [0.717, 1.165) is 22.6 Å². The van der Waals surface area contributed by atoms with Crippen LogP contribution < -0.4 is 10.1 Å². The van der Waals surface area contributed by atoms with Crippen LogP contribution in [0.2, 0.25) is 0 Å². The molecule has 2 rings (SSSR count). The second-order valence-electron chi connectivity index (χ2n) is 3.96. The summed E-state index contributed by atoms with van der Waals surface area (Å²) in [6, 6.07) is 15.6. The lowest BCUT2D eigenvalue weighted by Crippen LogP contribution is -2.07. The number of hydrogen-bond acceptors (Lipinski definition) is 2. The number of carbonyl (C=O) groups excluding carboxylic acids is 1. The van der Waals surface area contributed by atoms with E-state index in [1.165, 1.54) is 6.92 Å². The molecule has 2 aromatic carbocycles. The van der Waals surface area contributed by atoms with Gasteiger partial charge in [-0.25, -0.2) is 0 Å². The lowest BCUT2D eigenvalue weighted by Gasteiger charge is -2.12. The average Bonchev–Trinajstić information content (AvgIpc) is 2.39. The van der Waals surface area contributed by atoms with Gasteiger partial charge in [-0.05, 0) is 17.7 Å². The minimum absolute atomic E-state index is 0.0968. The third-order valence-electron chi connectivity index (χ3n) is 2.62. The molecule has 0 atom stereocenters. The van der Waals surface area contributed by atoms with Crippen molar-refractivity contribution in [1.29, 1.82) is 0 Å². The first-order valence-corrected chi connectivity index (χ1v) is 5.72. The number of amides is 1. The normalized spacial score (nSPS) is 9.89. The van der Waals surface area contributed by atoms with Gasteiger partial charge in [0.05, 0.1) is 12.8 Å². The number of nitrogens with one attached hydrogen (secondary N) is 1. The van der Waals surface area contributed by atoms with Crippen molar-refractivity contribution in [2.45, 2.75) is 6.92 Å². The van der Waals surface area contributed by atoms with Crippen LogP contribution in [0, 0.1) is 0 Å². The van der Waals surface area contributed by atoms with Crippen molar-refractivity contribution >= 4 is 11.6 Å². The molecule has 0 aromatic heterocycles. The molecule has 0 aliphatic rings. The van der Waals surface area contributed by atoms with Gasteiger partial charge in [-0.2, -0.15) is 0 Å². The number of benzene rings is 2. The Bertz CT molecular complexity index is 550. The fourth-order valence-corrected chi connectivity index (χ4v) is 1.81. The topological polar surface area (TPSA) is 38.3 Å². The largest absolute Gasteiger partial charge is 0.497 e. The summed E-state index contributed by atoms with van der Waals surface area (Å²) in [5, 5.41) is 2.83. The molecule has 0 saturated carbocycles. The Kier molecular flexibility index (Phi) is 3.63. The Morgan fingerprint density at radius 2 is 1.83 bits per heavy atom. The van der Waals surface area contributed by atoms with Crippen LogP contribution in [-0.2, 0) is 4.79 Å². The summed E-state index contributed by atoms with van der Waals surface area (Å²) in [5.74, 6) is 0.624. The molecule has 0 heterocycles. The smallest absolute Gasteiger partial charge is 0.221 e. The molecule has 0 aliphatic heterocycles. The Morgan fingerprint density at radius 3 is 2.44 bits per heavy atom. The van der Waals surface area contributed by atoms with Crippen LogP contribution in [0.5, 0.6) is 5.75 Å². The van der Waals surface area contributed by atoms with Gasteiger partial charge in [-0.1, -0.05) is 30.3 Å². The summed E-state index contributed by atoms with van der Waals surface area (Å²) in [4.78, 5) is 11.2. The van der Waals surface area contributed by atoms with Crippen LogP contribution in [-0.4, -0.2) is 13.0 Å². The van der Waals surface area contributed by atoms with E-state index in [4.69, 9.17) is 4.74 Å². The number of hydrogen-bond donors (Lipinski definition) is 1. The van der Waals surface area contributed by atoms with Gasteiger partial charge in [-0.3, -0.25) is 4.79 Å². The van der Waals surface area contributed by atoms with E-state index in [-0.39, 0.29) is 5.91 Å². The zero-order valence-corrected chi connectivity index (χ0v) is 10.4. The highest BCUT2D eigenvalue weighted by Crippen LogP contribution is 2.31. The van der Waals surface area contributed by atoms with Crippen LogP contribution in [0.1, 0.15) is 6.92 Å². The summed E-state index contributed by atoms with van der Waals surface area (Å²) in [5.41, 5.74) is 2.79. The maximum absolute atomic E-state index is 11.2. The van der Waals surface area contributed by atoms with Crippen LogP contribution in [0.15, 0.2) is 48.5 Å². The van der Waals surface area contributed by atoms with E-state index in [9.17, 15) is 4.79 Å². The first kappa shape index (κ1) is 12.2. The molecule has 0 saturated heterocycles. The van der Waals surface area contributed by atoms with Gasteiger partial charge in [0.15, 0.2) is 0 Å². The molecule has 0 aliphatic carbocycles. The predicted octanol–water partition coefficient (Wildman–Crippen LogP) is 3.32. The summed E-state index contributed by atoms with van der Waals surface area (Å²) >= 11 is 0. The van der Waals surface area contributed by atoms with Crippen molar-refractivity contribution in [1.82, 2.24) is 0 Å². The molecule has 0 spiro atoms. The van der Waals surface area contributed by atoms with Crippen LogP contribution in [0.3, 0.4) is 0 Å². The predicted molar refractivity (Wildman–Crippen MR) is 72.7 cm³/mol. The summed E-state index contributed by atoms with van der Waals surface area (Å²) < 4.78 is 5.18. The third kappa shape index (κ3) is 2.69. The molecule has 0 unspecified atom stereocenters. The van der Waals surface area contributed by atoms with Crippen molar-refractivity contribution in [3.63, 3.8) is 0 Å². The molecule has 18 heavy (non-hydrogen) atoms. The highest BCUT2D eigenvalue weighted by Gasteiger charge is 2.07. The summed E-state index contributed by atoms with van der Waals surface area (Å²) in [6.07, 6.45) is 0. The Morgan fingerprint density at radius 1 is 1.11 bits per heavy atom. The van der Waals surface area contributed by atoms with Crippen molar-refractivity contribution in [3.8, 4) is 16.9 Å². The van der Waals surface area contributed by atoms with Gasteiger partial charge >= 0.3 is 0 Å². The summed E-state index contributed by atoms with van der Waals surface area (Å²) in [6.45, 7) is 1.49. The van der Waals surface area contributed by atoms with Gasteiger partial charge in [0.1, 0.15) is 5.75 Å². The maximum atomic E-state index is 11.2. The second-order valence-corrected chi connectivity index (χ2v) is 3.96. The molecular formula is C15H15NO2. The molecular weight excluding hydrogens is 226 g/mol. The van der Waals surface area contributed by atoms with E-state index in [1.807, 2.05) is 48.5 Å². The molecule has 0 radical (unpaired) electrons. The maximum Gasteiger partial charge on any atom is 0.221 e. The molecule has 1 amide bonds. The first-order valence-electron chi connectivity index (χ1n) is 5.72. The fourth-order valence-electron chi connectivity index (χ4n) is 1.81. The van der Waals surface area contributed by atoms with E-state index in [0.29, 0.717) is 0 Å². The Hall–Kier alpha value is -2.29. The number of rotatable bonds is 3.